The van der Waals surface area contributed by atoms with Crippen LogP contribution in [0.1, 0.15) is 39.2 Å². The lowest BCUT2D eigenvalue weighted by molar-refractivity contribution is -0.0499. The van der Waals surface area contributed by atoms with Crippen LogP contribution in [-0.2, 0) is 0 Å². The fourth-order valence-corrected chi connectivity index (χ4v) is 2.82. The van der Waals surface area contributed by atoms with Gasteiger partial charge >= 0.3 is 6.61 Å². The third-order valence-corrected chi connectivity index (χ3v) is 4.42. The third kappa shape index (κ3) is 6.02. The first-order valence-corrected chi connectivity index (χ1v) is 9.35. The summed E-state index contributed by atoms with van der Waals surface area (Å²) in [7, 11) is 0. The SMILES string of the molecule is CC(NC(=O)c1ccc(Oc2ccc(C(N)=O)cc2)cc1)c1cccc(OC(F)F)c1. The average molecular weight is 426 g/mol. The summed E-state index contributed by atoms with van der Waals surface area (Å²) in [6.45, 7) is -1.17. The highest BCUT2D eigenvalue weighted by Gasteiger charge is 2.13. The predicted octanol–water partition coefficient (Wildman–Crippen LogP) is 4.67. The maximum Gasteiger partial charge on any atom is 0.387 e. The highest BCUT2D eigenvalue weighted by molar-refractivity contribution is 5.94. The average Bonchev–Trinajstić information content (AvgIpc) is 2.74. The van der Waals surface area contributed by atoms with E-state index in [4.69, 9.17) is 10.5 Å². The van der Waals surface area contributed by atoms with Gasteiger partial charge in [0.25, 0.3) is 5.91 Å². The minimum absolute atomic E-state index is 0.0268. The summed E-state index contributed by atoms with van der Waals surface area (Å²) >= 11 is 0. The summed E-state index contributed by atoms with van der Waals surface area (Å²) in [5, 5.41) is 2.81. The Hall–Kier alpha value is -3.94. The second-order valence-corrected chi connectivity index (χ2v) is 6.66. The van der Waals surface area contributed by atoms with E-state index >= 15 is 0 Å². The zero-order valence-electron chi connectivity index (χ0n) is 16.5. The zero-order chi connectivity index (χ0) is 22.4. The lowest BCUT2D eigenvalue weighted by Gasteiger charge is -2.16. The first-order chi connectivity index (χ1) is 14.8. The van der Waals surface area contributed by atoms with E-state index in [2.05, 4.69) is 10.1 Å². The molecule has 1 atom stereocenters. The van der Waals surface area contributed by atoms with Crippen LogP contribution in [0.4, 0.5) is 8.78 Å². The molecule has 6 nitrogen and oxygen atoms in total. The van der Waals surface area contributed by atoms with Crippen molar-refractivity contribution >= 4 is 11.8 Å². The van der Waals surface area contributed by atoms with Crippen molar-refractivity contribution in [2.45, 2.75) is 19.6 Å². The van der Waals surface area contributed by atoms with Gasteiger partial charge in [0, 0.05) is 11.1 Å². The topological polar surface area (TPSA) is 90.6 Å². The van der Waals surface area contributed by atoms with Gasteiger partial charge in [-0.05, 0) is 73.2 Å². The monoisotopic (exact) mass is 426 g/mol. The van der Waals surface area contributed by atoms with E-state index in [-0.39, 0.29) is 11.7 Å². The normalized spacial score (nSPS) is 11.6. The van der Waals surface area contributed by atoms with Crippen molar-refractivity contribution < 1.29 is 27.8 Å². The number of ether oxygens (including phenoxy) is 2. The summed E-state index contributed by atoms with van der Waals surface area (Å²) < 4.78 is 34.8. The van der Waals surface area contributed by atoms with Gasteiger partial charge in [0.05, 0.1) is 6.04 Å². The Labute approximate surface area is 177 Å². The standard InChI is InChI=1S/C23H20F2N2O4/c1-14(17-3-2-4-20(13-17)31-23(24)25)27-22(29)16-7-11-19(12-8-16)30-18-9-5-15(6-10-18)21(26)28/h2-14,23H,1H3,(H2,26,28)(H,27,29). The Balaban J connectivity index is 1.61. The van der Waals surface area contributed by atoms with Crippen LogP contribution in [0.5, 0.6) is 17.2 Å². The fraction of sp³-hybridized carbons (Fsp3) is 0.130. The van der Waals surface area contributed by atoms with E-state index in [1.807, 2.05) is 0 Å². The maximum absolute atomic E-state index is 12.5. The fourth-order valence-electron chi connectivity index (χ4n) is 2.82. The van der Waals surface area contributed by atoms with E-state index in [0.29, 0.717) is 28.2 Å². The molecule has 0 fully saturated rings. The molecule has 0 aliphatic heterocycles. The molecule has 3 N–H and O–H groups in total. The molecule has 0 aromatic heterocycles. The van der Waals surface area contributed by atoms with Crippen molar-refractivity contribution in [1.29, 1.82) is 0 Å². The number of alkyl halides is 2. The van der Waals surface area contributed by atoms with Gasteiger partial charge in [-0.25, -0.2) is 0 Å². The Kier molecular flexibility index (Phi) is 6.81. The number of carbonyl (C=O) groups is 2. The van der Waals surface area contributed by atoms with Crippen LogP contribution in [0, 0.1) is 0 Å². The Morgan fingerprint density at radius 3 is 2.00 bits per heavy atom. The number of amides is 2. The molecule has 31 heavy (non-hydrogen) atoms. The van der Waals surface area contributed by atoms with Gasteiger partial charge in [0.2, 0.25) is 5.91 Å². The molecule has 2 amide bonds. The van der Waals surface area contributed by atoms with Crippen molar-refractivity contribution in [1.82, 2.24) is 5.32 Å². The molecule has 3 rings (SSSR count). The van der Waals surface area contributed by atoms with Gasteiger partial charge in [-0.2, -0.15) is 8.78 Å². The van der Waals surface area contributed by atoms with Gasteiger partial charge in [0.1, 0.15) is 17.2 Å². The Morgan fingerprint density at radius 2 is 1.45 bits per heavy atom. The second-order valence-electron chi connectivity index (χ2n) is 6.66. The van der Waals surface area contributed by atoms with Crippen molar-refractivity contribution in [2.24, 2.45) is 5.73 Å². The molecule has 8 heteroatoms. The van der Waals surface area contributed by atoms with E-state index in [0.717, 1.165) is 0 Å². The number of halogens is 2. The number of primary amides is 1. The molecule has 160 valence electrons. The van der Waals surface area contributed by atoms with Crippen LogP contribution in [-0.4, -0.2) is 18.4 Å². The molecule has 0 saturated carbocycles. The minimum atomic E-state index is -2.91. The molecule has 0 aliphatic carbocycles. The van der Waals surface area contributed by atoms with Crippen molar-refractivity contribution in [3.05, 3.63) is 89.5 Å². The third-order valence-electron chi connectivity index (χ3n) is 4.42. The molecule has 0 saturated heterocycles. The number of nitrogens with two attached hydrogens (primary N) is 1. The van der Waals surface area contributed by atoms with Crippen LogP contribution < -0.4 is 20.5 Å². The van der Waals surface area contributed by atoms with Gasteiger partial charge in [-0.15, -0.1) is 0 Å². The predicted molar refractivity (Wildman–Crippen MR) is 110 cm³/mol. The van der Waals surface area contributed by atoms with E-state index in [1.165, 1.54) is 12.1 Å². The first-order valence-electron chi connectivity index (χ1n) is 9.35. The number of hydrogen-bond donors (Lipinski definition) is 2. The highest BCUT2D eigenvalue weighted by atomic mass is 19.3. The number of carbonyl (C=O) groups excluding carboxylic acids is 2. The quantitative estimate of drug-likeness (QED) is 0.548. The smallest absolute Gasteiger partial charge is 0.387 e. The van der Waals surface area contributed by atoms with Gasteiger partial charge in [0.15, 0.2) is 0 Å². The number of hydrogen-bond acceptors (Lipinski definition) is 4. The molecule has 0 heterocycles. The summed E-state index contributed by atoms with van der Waals surface area (Å²) in [5.41, 5.74) is 6.62. The minimum Gasteiger partial charge on any atom is -0.457 e. The molecular weight excluding hydrogens is 406 g/mol. The number of rotatable bonds is 8. The Morgan fingerprint density at radius 1 is 0.871 bits per heavy atom. The van der Waals surface area contributed by atoms with Crippen LogP contribution >= 0.6 is 0 Å². The van der Waals surface area contributed by atoms with Crippen LogP contribution in [0.25, 0.3) is 0 Å². The summed E-state index contributed by atoms with van der Waals surface area (Å²) in [6.07, 6.45) is 0. The maximum atomic E-state index is 12.5. The van der Waals surface area contributed by atoms with Crippen LogP contribution in [0.15, 0.2) is 72.8 Å². The molecule has 0 radical (unpaired) electrons. The van der Waals surface area contributed by atoms with Crippen LogP contribution in [0.2, 0.25) is 0 Å². The number of nitrogens with one attached hydrogen (secondary N) is 1. The van der Waals surface area contributed by atoms with Crippen LogP contribution in [0.3, 0.4) is 0 Å². The molecule has 0 spiro atoms. The van der Waals surface area contributed by atoms with Crippen molar-refractivity contribution in [3.63, 3.8) is 0 Å². The molecule has 3 aromatic rings. The van der Waals surface area contributed by atoms with E-state index in [1.54, 1.807) is 67.6 Å². The largest absolute Gasteiger partial charge is 0.457 e. The Bertz CT molecular complexity index is 1050. The van der Waals surface area contributed by atoms with Gasteiger partial charge < -0.3 is 20.5 Å². The van der Waals surface area contributed by atoms with Crippen molar-refractivity contribution in [2.75, 3.05) is 0 Å². The summed E-state index contributed by atoms with van der Waals surface area (Å²) in [6, 6.07) is 18.6. The molecular formula is C23H20F2N2O4. The summed E-state index contributed by atoms with van der Waals surface area (Å²) in [4.78, 5) is 23.6. The molecule has 3 aromatic carbocycles. The van der Waals surface area contributed by atoms with E-state index in [9.17, 15) is 18.4 Å². The second kappa shape index (κ2) is 9.71. The molecule has 0 bridgehead atoms. The zero-order valence-corrected chi connectivity index (χ0v) is 16.5. The lowest BCUT2D eigenvalue weighted by atomic mass is 10.1. The first kappa shape index (κ1) is 21.8. The molecule has 0 aliphatic rings. The number of benzene rings is 3. The highest BCUT2D eigenvalue weighted by Crippen LogP contribution is 2.23. The summed E-state index contributed by atoms with van der Waals surface area (Å²) in [5.74, 6) is 0.198. The van der Waals surface area contributed by atoms with Gasteiger partial charge in [-0.1, -0.05) is 12.1 Å². The lowest BCUT2D eigenvalue weighted by Crippen LogP contribution is -2.26. The molecule has 1 unspecified atom stereocenters. The van der Waals surface area contributed by atoms with Gasteiger partial charge in [-0.3, -0.25) is 9.59 Å². The van der Waals surface area contributed by atoms with Crippen molar-refractivity contribution in [3.8, 4) is 17.2 Å². The van der Waals surface area contributed by atoms with E-state index < -0.39 is 18.6 Å².